The van der Waals surface area contributed by atoms with E-state index in [2.05, 4.69) is 5.32 Å². The Balaban J connectivity index is 2.13. The van der Waals surface area contributed by atoms with E-state index >= 15 is 0 Å². The van der Waals surface area contributed by atoms with Crippen LogP contribution in [0.2, 0.25) is 0 Å². The van der Waals surface area contributed by atoms with Gasteiger partial charge in [-0.3, -0.25) is 0 Å². The van der Waals surface area contributed by atoms with Crippen molar-refractivity contribution in [3.63, 3.8) is 0 Å². The third kappa shape index (κ3) is 2.83. The molecule has 1 aromatic rings. The summed E-state index contributed by atoms with van der Waals surface area (Å²) in [6.45, 7) is 3.72. The lowest BCUT2D eigenvalue weighted by Crippen LogP contribution is -2.44. The maximum Gasteiger partial charge on any atom is 0.153 e. The van der Waals surface area contributed by atoms with Crippen LogP contribution in [0.3, 0.4) is 0 Å². The smallest absolute Gasteiger partial charge is 0.153 e. The molecule has 4 nitrogen and oxygen atoms in total. The molecule has 0 heterocycles. The number of benzene rings is 1. The Morgan fingerprint density at radius 1 is 1.37 bits per heavy atom. The molecule has 0 bridgehead atoms. The minimum atomic E-state index is -3.13. The Morgan fingerprint density at radius 2 is 2.00 bits per heavy atom. The van der Waals surface area contributed by atoms with Crippen LogP contribution in [-0.2, 0) is 16.3 Å². The van der Waals surface area contributed by atoms with E-state index in [9.17, 15) is 13.5 Å². The van der Waals surface area contributed by atoms with Crippen molar-refractivity contribution in [2.24, 2.45) is 0 Å². The van der Waals surface area contributed by atoms with Crippen LogP contribution in [0, 0.1) is 0 Å². The first-order valence-electron chi connectivity index (χ1n) is 6.41. The zero-order valence-electron chi connectivity index (χ0n) is 11.6. The minimum Gasteiger partial charge on any atom is -0.391 e. The van der Waals surface area contributed by atoms with Gasteiger partial charge in [-0.05, 0) is 25.0 Å². The normalized spacial score (nSPS) is 23.4. The Bertz CT molecular complexity index is 566. The van der Waals surface area contributed by atoms with Crippen molar-refractivity contribution in [3.05, 3.63) is 35.4 Å². The zero-order valence-corrected chi connectivity index (χ0v) is 12.4. The van der Waals surface area contributed by atoms with Crippen molar-refractivity contribution < 1.29 is 13.5 Å². The molecule has 5 heteroatoms. The molecule has 1 aliphatic carbocycles. The molecule has 0 amide bonds. The van der Waals surface area contributed by atoms with Gasteiger partial charge in [0.15, 0.2) is 9.84 Å². The fourth-order valence-corrected chi connectivity index (χ4v) is 2.65. The third-order valence-corrected chi connectivity index (χ3v) is 6.11. The summed E-state index contributed by atoms with van der Waals surface area (Å²) in [5, 5.41) is 13.3. The standard InChI is InChI=1S/C14H21NO3S/c1-14(2,19(3,17)18)9-15-13-11-7-5-4-6-10(11)8-12(13)16/h4-7,12-13,15-16H,8-9H2,1-3H3/t12-,13+/m0/s1. The van der Waals surface area contributed by atoms with Crippen LogP contribution < -0.4 is 5.32 Å². The second kappa shape index (κ2) is 4.89. The summed E-state index contributed by atoms with van der Waals surface area (Å²) >= 11 is 0. The number of sulfone groups is 1. The van der Waals surface area contributed by atoms with Gasteiger partial charge in [0, 0.05) is 19.2 Å². The summed E-state index contributed by atoms with van der Waals surface area (Å²) in [6, 6.07) is 7.69. The molecule has 2 atom stereocenters. The monoisotopic (exact) mass is 283 g/mol. The molecule has 0 unspecified atom stereocenters. The van der Waals surface area contributed by atoms with Crippen LogP contribution in [0.25, 0.3) is 0 Å². The Labute approximate surface area is 114 Å². The van der Waals surface area contributed by atoms with Crippen molar-refractivity contribution in [1.82, 2.24) is 5.32 Å². The van der Waals surface area contributed by atoms with Crippen LogP contribution in [0.1, 0.15) is 31.0 Å². The van der Waals surface area contributed by atoms with Gasteiger partial charge in [-0.1, -0.05) is 24.3 Å². The molecule has 19 heavy (non-hydrogen) atoms. The van der Waals surface area contributed by atoms with Crippen LogP contribution >= 0.6 is 0 Å². The van der Waals surface area contributed by atoms with E-state index in [1.54, 1.807) is 13.8 Å². The predicted octanol–water partition coefficient (Wildman–Crippen LogP) is 1.06. The summed E-state index contributed by atoms with van der Waals surface area (Å²) < 4.78 is 22.5. The first kappa shape index (κ1) is 14.5. The fraction of sp³-hybridized carbons (Fsp3) is 0.571. The van der Waals surface area contributed by atoms with E-state index < -0.39 is 20.7 Å². The molecule has 0 saturated heterocycles. The van der Waals surface area contributed by atoms with Gasteiger partial charge in [0.2, 0.25) is 0 Å². The quantitative estimate of drug-likeness (QED) is 0.867. The number of hydrogen-bond donors (Lipinski definition) is 2. The molecule has 0 saturated carbocycles. The molecule has 0 spiro atoms. The summed E-state index contributed by atoms with van der Waals surface area (Å²) in [4.78, 5) is 0. The van der Waals surface area contributed by atoms with E-state index in [4.69, 9.17) is 0 Å². The second-order valence-corrected chi connectivity index (χ2v) is 8.51. The van der Waals surface area contributed by atoms with Gasteiger partial charge in [-0.15, -0.1) is 0 Å². The van der Waals surface area contributed by atoms with E-state index in [-0.39, 0.29) is 6.04 Å². The van der Waals surface area contributed by atoms with Crippen LogP contribution in [0.4, 0.5) is 0 Å². The number of aliphatic hydroxyl groups is 1. The van der Waals surface area contributed by atoms with Crippen molar-refractivity contribution in [2.45, 2.75) is 37.2 Å². The highest BCUT2D eigenvalue weighted by molar-refractivity contribution is 7.92. The average molecular weight is 283 g/mol. The fourth-order valence-electron chi connectivity index (χ4n) is 2.31. The zero-order chi connectivity index (χ0) is 14.3. The van der Waals surface area contributed by atoms with Crippen LogP contribution in [0.15, 0.2) is 24.3 Å². The number of nitrogens with one attached hydrogen (secondary N) is 1. The van der Waals surface area contributed by atoms with Crippen molar-refractivity contribution in [3.8, 4) is 0 Å². The van der Waals surface area contributed by atoms with Gasteiger partial charge in [-0.25, -0.2) is 8.42 Å². The van der Waals surface area contributed by atoms with Gasteiger partial charge in [0.1, 0.15) is 0 Å². The van der Waals surface area contributed by atoms with Gasteiger partial charge in [0.05, 0.1) is 16.9 Å². The second-order valence-electron chi connectivity index (χ2n) is 5.86. The molecule has 1 aliphatic rings. The van der Waals surface area contributed by atoms with Gasteiger partial charge < -0.3 is 10.4 Å². The molecule has 0 aliphatic heterocycles. The molecule has 106 valence electrons. The first-order chi connectivity index (χ1) is 8.72. The lowest BCUT2D eigenvalue weighted by atomic mass is 10.1. The Hall–Kier alpha value is -0.910. The lowest BCUT2D eigenvalue weighted by Gasteiger charge is -2.27. The van der Waals surface area contributed by atoms with E-state index in [0.717, 1.165) is 11.1 Å². The van der Waals surface area contributed by atoms with Crippen LogP contribution in [-0.4, -0.2) is 37.2 Å². The molecule has 0 aromatic heterocycles. The SMILES string of the molecule is CC(C)(CN[C@@H]1c2ccccc2C[C@@H]1O)S(C)(=O)=O. The highest BCUT2D eigenvalue weighted by Crippen LogP contribution is 2.31. The lowest BCUT2D eigenvalue weighted by molar-refractivity contribution is 0.140. The van der Waals surface area contributed by atoms with Gasteiger partial charge >= 0.3 is 0 Å². The summed E-state index contributed by atoms with van der Waals surface area (Å²) in [5.74, 6) is 0. The molecule has 2 rings (SSSR count). The maximum absolute atomic E-state index is 11.7. The van der Waals surface area contributed by atoms with Crippen molar-refractivity contribution in [2.75, 3.05) is 12.8 Å². The van der Waals surface area contributed by atoms with Gasteiger partial charge in [-0.2, -0.15) is 0 Å². The number of rotatable bonds is 4. The van der Waals surface area contributed by atoms with Gasteiger partial charge in [0.25, 0.3) is 0 Å². The number of hydrogen-bond acceptors (Lipinski definition) is 4. The molecule has 1 aromatic carbocycles. The third-order valence-electron chi connectivity index (χ3n) is 3.96. The Kier molecular flexibility index (Phi) is 3.73. The molecular weight excluding hydrogens is 262 g/mol. The number of aliphatic hydroxyl groups excluding tert-OH is 1. The molecular formula is C14H21NO3S. The topological polar surface area (TPSA) is 66.4 Å². The van der Waals surface area contributed by atoms with E-state index in [1.807, 2.05) is 24.3 Å². The minimum absolute atomic E-state index is 0.183. The highest BCUT2D eigenvalue weighted by atomic mass is 32.2. The maximum atomic E-state index is 11.7. The Morgan fingerprint density at radius 3 is 2.63 bits per heavy atom. The summed E-state index contributed by atoms with van der Waals surface area (Å²) in [6.07, 6.45) is 1.37. The predicted molar refractivity (Wildman–Crippen MR) is 75.8 cm³/mol. The molecule has 0 fully saturated rings. The summed E-state index contributed by atoms with van der Waals surface area (Å²) in [7, 11) is -3.13. The van der Waals surface area contributed by atoms with Crippen LogP contribution in [0.5, 0.6) is 0 Å². The van der Waals surface area contributed by atoms with Crippen molar-refractivity contribution >= 4 is 9.84 Å². The molecule has 0 radical (unpaired) electrons. The molecule has 2 N–H and O–H groups in total. The first-order valence-corrected chi connectivity index (χ1v) is 8.30. The largest absolute Gasteiger partial charge is 0.391 e. The van der Waals surface area contributed by atoms with E-state index in [1.165, 1.54) is 6.26 Å². The van der Waals surface area contributed by atoms with E-state index in [0.29, 0.717) is 13.0 Å². The number of fused-ring (bicyclic) bond motifs is 1. The highest BCUT2D eigenvalue weighted by Gasteiger charge is 2.35. The van der Waals surface area contributed by atoms with Crippen molar-refractivity contribution in [1.29, 1.82) is 0 Å². The summed E-state index contributed by atoms with van der Waals surface area (Å²) in [5.41, 5.74) is 2.20. The average Bonchev–Trinajstić information content (AvgIpc) is 2.60.